The number of hydrogen-bond donors (Lipinski definition) is 1. The number of nitrogens with zero attached hydrogens (tertiary/aromatic N) is 1. The van der Waals surface area contributed by atoms with Gasteiger partial charge >= 0.3 is 0 Å². The fraction of sp³-hybridized carbons (Fsp3) is 0.333. The molecule has 0 fully saturated rings. The minimum absolute atomic E-state index is 0.112. The van der Waals surface area contributed by atoms with E-state index in [1.54, 1.807) is 6.07 Å². The van der Waals surface area contributed by atoms with E-state index in [2.05, 4.69) is 36.2 Å². The lowest BCUT2D eigenvalue weighted by atomic mass is 10.0. The monoisotopic (exact) mass is 286 g/mol. The Labute approximate surface area is 126 Å². The van der Waals surface area contributed by atoms with Gasteiger partial charge in [0.25, 0.3) is 0 Å². The summed E-state index contributed by atoms with van der Waals surface area (Å²) in [6.45, 7) is 5.88. The molecule has 0 heterocycles. The van der Waals surface area contributed by atoms with Crippen LogP contribution in [0.3, 0.4) is 0 Å². The zero-order valence-corrected chi connectivity index (χ0v) is 12.9. The van der Waals surface area contributed by atoms with Gasteiger partial charge in [0, 0.05) is 24.8 Å². The van der Waals surface area contributed by atoms with Crippen molar-refractivity contribution in [2.45, 2.75) is 26.4 Å². The summed E-state index contributed by atoms with van der Waals surface area (Å²) < 4.78 is 13.6. The summed E-state index contributed by atoms with van der Waals surface area (Å²) in [4.78, 5) is 2.28. The Hall–Kier alpha value is -1.87. The fourth-order valence-corrected chi connectivity index (χ4v) is 2.49. The molecule has 0 aromatic heterocycles. The van der Waals surface area contributed by atoms with Crippen LogP contribution < -0.4 is 10.2 Å². The minimum atomic E-state index is -0.188. The second-order valence-electron chi connectivity index (χ2n) is 5.21. The lowest BCUT2D eigenvalue weighted by molar-refractivity contribution is 0.606. The number of halogens is 1. The van der Waals surface area contributed by atoms with Crippen molar-refractivity contribution in [3.05, 3.63) is 65.5 Å². The van der Waals surface area contributed by atoms with Gasteiger partial charge in [-0.1, -0.05) is 30.3 Å². The Balaban J connectivity index is 2.33. The maximum absolute atomic E-state index is 13.6. The highest BCUT2D eigenvalue weighted by Gasteiger charge is 2.15. The van der Waals surface area contributed by atoms with Crippen molar-refractivity contribution >= 4 is 5.69 Å². The summed E-state index contributed by atoms with van der Waals surface area (Å²) in [5, 5.41) is 3.20. The van der Waals surface area contributed by atoms with Gasteiger partial charge in [0.2, 0.25) is 0 Å². The molecule has 1 atom stereocenters. The van der Waals surface area contributed by atoms with Gasteiger partial charge in [-0.15, -0.1) is 0 Å². The lowest BCUT2D eigenvalue weighted by Crippen LogP contribution is -2.25. The molecule has 0 bridgehead atoms. The Morgan fingerprint density at radius 1 is 1.14 bits per heavy atom. The van der Waals surface area contributed by atoms with Gasteiger partial charge in [-0.25, -0.2) is 4.39 Å². The van der Waals surface area contributed by atoms with E-state index in [4.69, 9.17) is 0 Å². The van der Waals surface area contributed by atoms with E-state index in [0.717, 1.165) is 24.3 Å². The first-order valence-electron chi connectivity index (χ1n) is 7.41. The summed E-state index contributed by atoms with van der Waals surface area (Å²) >= 11 is 0. The topological polar surface area (TPSA) is 15.3 Å². The highest BCUT2D eigenvalue weighted by Crippen LogP contribution is 2.28. The van der Waals surface area contributed by atoms with Crippen LogP contribution in [0.25, 0.3) is 0 Å². The first kappa shape index (κ1) is 15.5. The van der Waals surface area contributed by atoms with E-state index >= 15 is 0 Å². The average molecular weight is 286 g/mol. The Morgan fingerprint density at radius 2 is 1.86 bits per heavy atom. The number of hydrogen-bond acceptors (Lipinski definition) is 2. The zero-order chi connectivity index (χ0) is 15.2. The van der Waals surface area contributed by atoms with E-state index < -0.39 is 0 Å². The molecule has 2 aromatic carbocycles. The van der Waals surface area contributed by atoms with E-state index in [-0.39, 0.29) is 11.9 Å². The molecule has 0 saturated carbocycles. The first-order chi connectivity index (χ1) is 10.2. The van der Waals surface area contributed by atoms with E-state index in [0.29, 0.717) is 0 Å². The summed E-state index contributed by atoms with van der Waals surface area (Å²) in [5.41, 5.74) is 3.34. The van der Waals surface area contributed by atoms with Crippen molar-refractivity contribution in [2.75, 3.05) is 18.5 Å². The normalized spacial score (nSPS) is 12.2. The molecule has 0 amide bonds. The summed E-state index contributed by atoms with van der Waals surface area (Å²) in [6.07, 6.45) is 0. The predicted octanol–water partition coefficient (Wildman–Crippen LogP) is 4.13. The predicted molar refractivity (Wildman–Crippen MR) is 87.0 cm³/mol. The van der Waals surface area contributed by atoms with Crippen LogP contribution in [0.15, 0.2) is 48.5 Å². The second-order valence-corrected chi connectivity index (χ2v) is 5.21. The van der Waals surface area contributed by atoms with Crippen molar-refractivity contribution in [3.63, 3.8) is 0 Å². The third kappa shape index (κ3) is 3.82. The van der Waals surface area contributed by atoms with Crippen molar-refractivity contribution in [1.29, 1.82) is 0 Å². The van der Waals surface area contributed by atoms with Crippen molar-refractivity contribution in [1.82, 2.24) is 5.32 Å². The molecular weight excluding hydrogens is 263 g/mol. The smallest absolute Gasteiger partial charge is 0.123 e. The number of nitrogens with one attached hydrogen (secondary N) is 1. The molecule has 0 saturated heterocycles. The highest BCUT2D eigenvalue weighted by atomic mass is 19.1. The van der Waals surface area contributed by atoms with E-state index in [1.165, 1.54) is 11.6 Å². The summed E-state index contributed by atoms with van der Waals surface area (Å²) in [5.74, 6) is -0.188. The molecule has 3 heteroatoms. The van der Waals surface area contributed by atoms with Crippen LogP contribution >= 0.6 is 0 Å². The molecule has 112 valence electrons. The molecule has 0 spiro atoms. The van der Waals surface area contributed by atoms with Crippen LogP contribution in [0.5, 0.6) is 0 Å². The quantitative estimate of drug-likeness (QED) is 0.859. The molecule has 0 radical (unpaired) electrons. The van der Waals surface area contributed by atoms with Gasteiger partial charge in [0.15, 0.2) is 0 Å². The van der Waals surface area contributed by atoms with Gasteiger partial charge in [-0.3, -0.25) is 0 Å². The SMILES string of the molecule is CCN(Cc1ccccc1)c1ccc(F)cc1C(C)NC. The van der Waals surface area contributed by atoms with Crippen LogP contribution in [0.4, 0.5) is 10.1 Å². The molecule has 0 aliphatic carbocycles. The molecular formula is C18H23FN2. The summed E-state index contributed by atoms with van der Waals surface area (Å²) in [7, 11) is 1.90. The third-order valence-corrected chi connectivity index (χ3v) is 3.83. The third-order valence-electron chi connectivity index (χ3n) is 3.83. The largest absolute Gasteiger partial charge is 0.367 e. The van der Waals surface area contributed by atoms with Crippen molar-refractivity contribution < 1.29 is 4.39 Å². The van der Waals surface area contributed by atoms with Gasteiger partial charge in [0.1, 0.15) is 5.82 Å². The first-order valence-corrected chi connectivity index (χ1v) is 7.41. The standard InChI is InChI=1S/C18H23FN2/c1-4-21(13-15-8-6-5-7-9-15)18-11-10-16(19)12-17(18)14(2)20-3/h5-12,14,20H,4,13H2,1-3H3. The van der Waals surface area contributed by atoms with Crippen LogP contribution in [0, 0.1) is 5.82 Å². The zero-order valence-electron chi connectivity index (χ0n) is 12.9. The highest BCUT2D eigenvalue weighted by molar-refractivity contribution is 5.55. The molecule has 2 rings (SSSR count). The van der Waals surface area contributed by atoms with Crippen LogP contribution in [-0.4, -0.2) is 13.6 Å². The van der Waals surface area contributed by atoms with Gasteiger partial charge in [-0.05, 0) is 50.2 Å². The fourth-order valence-electron chi connectivity index (χ4n) is 2.49. The molecule has 0 aliphatic rings. The van der Waals surface area contributed by atoms with E-state index in [1.807, 2.05) is 31.3 Å². The maximum Gasteiger partial charge on any atom is 0.123 e. The van der Waals surface area contributed by atoms with Crippen LogP contribution in [-0.2, 0) is 6.54 Å². The molecule has 2 nitrogen and oxygen atoms in total. The Bertz CT molecular complexity index is 569. The molecule has 1 N–H and O–H groups in total. The number of benzene rings is 2. The average Bonchev–Trinajstić information content (AvgIpc) is 2.53. The maximum atomic E-state index is 13.6. The second kappa shape index (κ2) is 7.23. The van der Waals surface area contributed by atoms with Crippen LogP contribution in [0.1, 0.15) is 31.0 Å². The van der Waals surface area contributed by atoms with Crippen LogP contribution in [0.2, 0.25) is 0 Å². The van der Waals surface area contributed by atoms with Gasteiger partial charge < -0.3 is 10.2 Å². The number of anilines is 1. The lowest BCUT2D eigenvalue weighted by Gasteiger charge is -2.28. The minimum Gasteiger partial charge on any atom is -0.367 e. The van der Waals surface area contributed by atoms with Crippen molar-refractivity contribution in [2.24, 2.45) is 0 Å². The number of rotatable bonds is 6. The van der Waals surface area contributed by atoms with E-state index in [9.17, 15) is 4.39 Å². The molecule has 21 heavy (non-hydrogen) atoms. The molecule has 0 aliphatic heterocycles. The molecule has 2 aromatic rings. The summed E-state index contributed by atoms with van der Waals surface area (Å²) in [6, 6.07) is 15.5. The Morgan fingerprint density at radius 3 is 2.48 bits per heavy atom. The van der Waals surface area contributed by atoms with Gasteiger partial charge in [0.05, 0.1) is 0 Å². The molecule has 1 unspecified atom stereocenters. The van der Waals surface area contributed by atoms with Gasteiger partial charge in [-0.2, -0.15) is 0 Å². The van der Waals surface area contributed by atoms with Crippen molar-refractivity contribution in [3.8, 4) is 0 Å². The Kier molecular flexibility index (Phi) is 5.34.